The lowest BCUT2D eigenvalue weighted by Crippen LogP contribution is -2.48. The maximum atomic E-state index is 11.9. The average Bonchev–Trinajstić information content (AvgIpc) is 2.68. The molecule has 0 unspecified atom stereocenters. The number of hydrogen-bond acceptors (Lipinski definition) is 4. The second-order valence-electron chi connectivity index (χ2n) is 6.40. The van der Waals surface area contributed by atoms with Gasteiger partial charge in [0.1, 0.15) is 5.75 Å². The van der Waals surface area contributed by atoms with Gasteiger partial charge in [0, 0.05) is 55.0 Å². The summed E-state index contributed by atoms with van der Waals surface area (Å²) in [7, 11) is 0. The van der Waals surface area contributed by atoms with Gasteiger partial charge in [-0.2, -0.15) is 0 Å². The normalized spacial score (nSPS) is 14.3. The monoisotopic (exact) mass is 443 g/mol. The molecule has 8 heteroatoms. The van der Waals surface area contributed by atoms with Crippen molar-refractivity contribution in [3.63, 3.8) is 0 Å². The van der Waals surface area contributed by atoms with E-state index in [-0.39, 0.29) is 24.9 Å². The minimum Gasteiger partial charge on any atom is -0.484 e. The molecule has 0 radical (unpaired) electrons. The molecule has 0 spiro atoms. The Kier molecular flexibility index (Phi) is 9.19. The summed E-state index contributed by atoms with van der Waals surface area (Å²) >= 11 is 11.9. The van der Waals surface area contributed by atoms with Gasteiger partial charge in [-0.05, 0) is 42.5 Å². The van der Waals surface area contributed by atoms with Gasteiger partial charge in [-0.3, -0.25) is 9.69 Å². The molecule has 0 aliphatic carbocycles. The average molecular weight is 445 g/mol. The first-order chi connectivity index (χ1) is 13.1. The van der Waals surface area contributed by atoms with Crippen LogP contribution >= 0.6 is 35.6 Å². The van der Waals surface area contributed by atoms with Crippen LogP contribution in [0.3, 0.4) is 0 Å². The van der Waals surface area contributed by atoms with Gasteiger partial charge in [0.2, 0.25) is 0 Å². The Hall–Kier alpha value is -1.66. The smallest absolute Gasteiger partial charge is 0.257 e. The van der Waals surface area contributed by atoms with Crippen LogP contribution in [0.25, 0.3) is 0 Å². The minimum atomic E-state index is -0.123. The van der Waals surface area contributed by atoms with Gasteiger partial charge in [-0.25, -0.2) is 0 Å². The number of piperazine rings is 1. The minimum absolute atomic E-state index is 0. The fourth-order valence-corrected chi connectivity index (χ4v) is 3.30. The van der Waals surface area contributed by atoms with E-state index >= 15 is 0 Å². The maximum Gasteiger partial charge on any atom is 0.257 e. The van der Waals surface area contributed by atoms with Gasteiger partial charge in [0.25, 0.3) is 5.91 Å². The highest BCUT2D eigenvalue weighted by Crippen LogP contribution is 2.20. The van der Waals surface area contributed by atoms with E-state index in [4.69, 9.17) is 27.9 Å². The van der Waals surface area contributed by atoms with Crippen molar-refractivity contribution >= 4 is 47.2 Å². The van der Waals surface area contributed by atoms with Crippen molar-refractivity contribution in [3.8, 4) is 5.75 Å². The van der Waals surface area contributed by atoms with E-state index < -0.39 is 0 Å². The zero-order chi connectivity index (χ0) is 19.1. The molecule has 1 N–H and O–H groups in total. The summed E-state index contributed by atoms with van der Waals surface area (Å²) in [4.78, 5) is 16.6. The Bertz CT molecular complexity index is 751. The van der Waals surface area contributed by atoms with Crippen LogP contribution < -0.4 is 15.0 Å². The van der Waals surface area contributed by atoms with Crippen molar-refractivity contribution < 1.29 is 9.53 Å². The predicted molar refractivity (Wildman–Crippen MR) is 117 cm³/mol. The van der Waals surface area contributed by atoms with Crippen LogP contribution in [0, 0.1) is 0 Å². The number of carbonyl (C=O) groups excluding carboxylic acids is 1. The van der Waals surface area contributed by atoms with Crippen LogP contribution in [0.2, 0.25) is 10.0 Å². The Morgan fingerprint density at radius 2 is 1.71 bits per heavy atom. The number of benzene rings is 2. The van der Waals surface area contributed by atoms with E-state index in [1.807, 2.05) is 18.2 Å². The first-order valence-electron chi connectivity index (χ1n) is 8.98. The Morgan fingerprint density at radius 1 is 1.00 bits per heavy atom. The number of rotatable bonds is 7. The van der Waals surface area contributed by atoms with Crippen molar-refractivity contribution in [1.82, 2.24) is 10.2 Å². The summed E-state index contributed by atoms with van der Waals surface area (Å²) in [6.07, 6.45) is 0. The third-order valence-electron chi connectivity index (χ3n) is 4.48. The SMILES string of the molecule is Cl.O=C(COc1ccc(Cl)cc1)NCCN1CCN(c2cccc(Cl)c2)CC1. The molecular formula is C20H24Cl3N3O2. The molecule has 28 heavy (non-hydrogen) atoms. The number of anilines is 1. The van der Waals surface area contributed by atoms with Crippen LogP contribution in [0.4, 0.5) is 5.69 Å². The molecule has 152 valence electrons. The molecule has 2 aromatic rings. The number of carbonyl (C=O) groups is 1. The lowest BCUT2D eigenvalue weighted by atomic mass is 10.2. The molecule has 0 bridgehead atoms. The highest BCUT2D eigenvalue weighted by molar-refractivity contribution is 6.31. The molecule has 0 aromatic heterocycles. The summed E-state index contributed by atoms with van der Waals surface area (Å²) in [6.45, 7) is 5.27. The van der Waals surface area contributed by atoms with Gasteiger partial charge >= 0.3 is 0 Å². The molecule has 1 amide bonds. The van der Waals surface area contributed by atoms with E-state index in [0.29, 0.717) is 17.3 Å². The van der Waals surface area contributed by atoms with E-state index in [9.17, 15) is 4.79 Å². The standard InChI is InChI=1S/C20H23Cl2N3O2.ClH/c21-16-4-6-19(7-5-16)27-15-20(26)23-8-9-24-10-12-25(13-11-24)18-3-1-2-17(22)14-18;/h1-7,14H,8-13,15H2,(H,23,26);1H. The van der Waals surface area contributed by atoms with E-state index in [0.717, 1.165) is 43.4 Å². The molecule has 0 saturated carbocycles. The molecule has 1 aliphatic rings. The summed E-state index contributed by atoms with van der Waals surface area (Å²) in [5.41, 5.74) is 1.16. The maximum absolute atomic E-state index is 11.9. The van der Waals surface area contributed by atoms with Crippen molar-refractivity contribution in [2.24, 2.45) is 0 Å². The molecule has 1 heterocycles. The number of nitrogens with zero attached hydrogens (tertiary/aromatic N) is 2. The second kappa shape index (κ2) is 11.4. The topological polar surface area (TPSA) is 44.8 Å². The lowest BCUT2D eigenvalue weighted by Gasteiger charge is -2.36. The molecule has 0 atom stereocenters. The van der Waals surface area contributed by atoms with E-state index in [1.165, 1.54) is 0 Å². The van der Waals surface area contributed by atoms with Gasteiger partial charge in [0.15, 0.2) is 6.61 Å². The predicted octanol–water partition coefficient (Wildman–Crippen LogP) is 3.73. The van der Waals surface area contributed by atoms with Crippen molar-refractivity contribution in [1.29, 1.82) is 0 Å². The van der Waals surface area contributed by atoms with Crippen LogP contribution in [0.1, 0.15) is 0 Å². The van der Waals surface area contributed by atoms with Gasteiger partial charge < -0.3 is 15.0 Å². The van der Waals surface area contributed by atoms with Gasteiger partial charge in [-0.1, -0.05) is 29.3 Å². The molecule has 1 fully saturated rings. The Labute approximate surface area is 182 Å². The zero-order valence-electron chi connectivity index (χ0n) is 15.4. The van der Waals surface area contributed by atoms with Gasteiger partial charge in [0.05, 0.1) is 0 Å². The molecule has 5 nitrogen and oxygen atoms in total. The number of ether oxygens (including phenoxy) is 1. The van der Waals surface area contributed by atoms with Crippen LogP contribution in [-0.2, 0) is 4.79 Å². The summed E-state index contributed by atoms with van der Waals surface area (Å²) < 4.78 is 5.44. The fourth-order valence-electron chi connectivity index (χ4n) is 2.99. The van der Waals surface area contributed by atoms with Gasteiger partial charge in [-0.15, -0.1) is 12.4 Å². The van der Waals surface area contributed by atoms with Crippen molar-refractivity contribution in [2.45, 2.75) is 0 Å². The third kappa shape index (κ3) is 7.06. The number of nitrogens with one attached hydrogen (secondary N) is 1. The largest absolute Gasteiger partial charge is 0.484 e. The first-order valence-corrected chi connectivity index (χ1v) is 9.74. The number of hydrogen-bond donors (Lipinski definition) is 1. The summed E-state index contributed by atoms with van der Waals surface area (Å²) in [5.74, 6) is 0.509. The van der Waals surface area contributed by atoms with E-state index in [1.54, 1.807) is 24.3 Å². The number of halogens is 3. The molecule has 3 rings (SSSR count). The Morgan fingerprint density at radius 3 is 2.39 bits per heavy atom. The van der Waals surface area contributed by atoms with Crippen LogP contribution in [0.15, 0.2) is 48.5 Å². The van der Waals surface area contributed by atoms with Crippen molar-refractivity contribution in [3.05, 3.63) is 58.6 Å². The zero-order valence-corrected chi connectivity index (χ0v) is 17.8. The van der Waals surface area contributed by atoms with Crippen molar-refractivity contribution in [2.75, 3.05) is 50.8 Å². The Balaban J connectivity index is 0.00000280. The fraction of sp³-hybridized carbons (Fsp3) is 0.350. The summed E-state index contributed by atoms with van der Waals surface area (Å²) in [6, 6.07) is 14.9. The number of amides is 1. The summed E-state index contributed by atoms with van der Waals surface area (Å²) in [5, 5.41) is 4.30. The highest BCUT2D eigenvalue weighted by atomic mass is 35.5. The quantitative estimate of drug-likeness (QED) is 0.707. The first kappa shape index (κ1) is 22.6. The molecule has 2 aromatic carbocycles. The molecule has 1 saturated heterocycles. The van der Waals surface area contributed by atoms with Crippen LogP contribution in [-0.4, -0.2) is 56.7 Å². The molecule has 1 aliphatic heterocycles. The molecular weight excluding hydrogens is 421 g/mol. The lowest BCUT2D eigenvalue weighted by molar-refractivity contribution is -0.123. The third-order valence-corrected chi connectivity index (χ3v) is 4.97. The second-order valence-corrected chi connectivity index (χ2v) is 7.27. The van der Waals surface area contributed by atoms with E-state index in [2.05, 4.69) is 21.2 Å². The van der Waals surface area contributed by atoms with Crippen LogP contribution in [0.5, 0.6) is 5.75 Å². The highest BCUT2D eigenvalue weighted by Gasteiger charge is 2.17.